The molecule has 1 atom stereocenters. The zero-order valence-electron chi connectivity index (χ0n) is 10.0. The molecule has 1 aliphatic rings. The van der Waals surface area contributed by atoms with Gasteiger partial charge < -0.3 is 15.4 Å². The van der Waals surface area contributed by atoms with E-state index < -0.39 is 6.10 Å². The molecule has 2 rings (SSSR count). The number of rotatable bonds is 2. The minimum absolute atomic E-state index is 0. The molecule has 1 saturated heterocycles. The third-order valence-corrected chi connectivity index (χ3v) is 2.65. The van der Waals surface area contributed by atoms with Gasteiger partial charge in [-0.25, -0.2) is 4.39 Å². The van der Waals surface area contributed by atoms with E-state index in [0.717, 1.165) is 6.54 Å². The van der Waals surface area contributed by atoms with Crippen LogP contribution in [0.3, 0.4) is 0 Å². The summed E-state index contributed by atoms with van der Waals surface area (Å²) in [6.45, 7) is 3.45. The van der Waals surface area contributed by atoms with Gasteiger partial charge in [-0.2, -0.15) is 0 Å². The van der Waals surface area contributed by atoms with Crippen LogP contribution in [0.25, 0.3) is 0 Å². The van der Waals surface area contributed by atoms with Gasteiger partial charge in [0.2, 0.25) is 0 Å². The number of ether oxygens (including phenoxy) is 1. The van der Waals surface area contributed by atoms with Crippen molar-refractivity contribution in [1.29, 1.82) is 0 Å². The van der Waals surface area contributed by atoms with E-state index >= 15 is 0 Å². The minimum Gasteiger partial charge on any atom is -0.366 e. The van der Waals surface area contributed by atoms with Gasteiger partial charge in [-0.05, 0) is 30.7 Å². The van der Waals surface area contributed by atoms with Crippen molar-refractivity contribution >= 4 is 24.0 Å². The second-order valence-electron chi connectivity index (χ2n) is 4.02. The van der Waals surface area contributed by atoms with Crippen LogP contribution in [0.5, 0.6) is 0 Å². The molecule has 1 amide bonds. The highest BCUT2D eigenvalue weighted by Gasteiger charge is 2.21. The third kappa shape index (κ3) is 3.66. The predicted molar refractivity (Wildman–Crippen MR) is 69.6 cm³/mol. The number of aryl methyl sites for hydroxylation is 1. The molecule has 1 aliphatic heterocycles. The van der Waals surface area contributed by atoms with Gasteiger partial charge in [0.05, 0.1) is 6.61 Å². The first-order valence-corrected chi connectivity index (χ1v) is 5.56. The monoisotopic (exact) mass is 274 g/mol. The van der Waals surface area contributed by atoms with E-state index in [-0.39, 0.29) is 24.1 Å². The van der Waals surface area contributed by atoms with Gasteiger partial charge in [-0.1, -0.05) is 0 Å². The molecule has 0 aliphatic carbocycles. The Morgan fingerprint density at radius 2 is 2.33 bits per heavy atom. The number of hydrogen-bond acceptors (Lipinski definition) is 3. The highest BCUT2D eigenvalue weighted by molar-refractivity contribution is 5.94. The summed E-state index contributed by atoms with van der Waals surface area (Å²) in [4.78, 5) is 11.8. The summed E-state index contributed by atoms with van der Waals surface area (Å²) in [5, 5.41) is 5.79. The molecule has 4 nitrogen and oxygen atoms in total. The van der Waals surface area contributed by atoms with Crippen LogP contribution in [0.15, 0.2) is 18.2 Å². The first-order chi connectivity index (χ1) is 8.16. The lowest BCUT2D eigenvalue weighted by Gasteiger charge is -2.22. The summed E-state index contributed by atoms with van der Waals surface area (Å²) in [6.07, 6.45) is -0.478. The van der Waals surface area contributed by atoms with Crippen molar-refractivity contribution in [2.45, 2.75) is 13.0 Å². The molecular formula is C12H16ClFN2O2. The lowest BCUT2D eigenvalue weighted by Crippen LogP contribution is -2.45. The Labute approximate surface area is 111 Å². The summed E-state index contributed by atoms with van der Waals surface area (Å²) in [5.74, 6) is -0.484. The van der Waals surface area contributed by atoms with Gasteiger partial charge in [0, 0.05) is 18.8 Å². The largest absolute Gasteiger partial charge is 0.366 e. The van der Waals surface area contributed by atoms with E-state index in [1.807, 2.05) is 0 Å². The number of carbonyl (C=O) groups excluding carboxylic acids is 1. The molecule has 0 bridgehead atoms. The van der Waals surface area contributed by atoms with Gasteiger partial charge in [0.15, 0.2) is 0 Å². The number of hydrogen-bond donors (Lipinski definition) is 2. The fourth-order valence-electron chi connectivity index (χ4n) is 1.68. The lowest BCUT2D eigenvalue weighted by atomic mass is 10.2. The van der Waals surface area contributed by atoms with Gasteiger partial charge in [0.1, 0.15) is 11.9 Å². The van der Waals surface area contributed by atoms with Crippen LogP contribution < -0.4 is 10.6 Å². The maximum atomic E-state index is 13.0. The highest BCUT2D eigenvalue weighted by atomic mass is 35.5. The topological polar surface area (TPSA) is 50.4 Å². The Hall–Kier alpha value is -1.17. The molecule has 2 N–H and O–H groups in total. The van der Waals surface area contributed by atoms with E-state index in [4.69, 9.17) is 4.74 Å². The Morgan fingerprint density at radius 1 is 1.56 bits per heavy atom. The van der Waals surface area contributed by atoms with Gasteiger partial charge in [-0.15, -0.1) is 12.4 Å². The fourth-order valence-corrected chi connectivity index (χ4v) is 1.68. The van der Waals surface area contributed by atoms with Crippen molar-refractivity contribution in [3.05, 3.63) is 29.6 Å². The lowest BCUT2D eigenvalue weighted by molar-refractivity contribution is -0.128. The van der Waals surface area contributed by atoms with Crippen LogP contribution in [-0.2, 0) is 9.53 Å². The number of benzene rings is 1. The summed E-state index contributed by atoms with van der Waals surface area (Å²) in [5.41, 5.74) is 1.09. The van der Waals surface area contributed by atoms with Gasteiger partial charge in [0.25, 0.3) is 5.91 Å². The third-order valence-electron chi connectivity index (χ3n) is 2.65. The Morgan fingerprint density at radius 3 is 2.94 bits per heavy atom. The summed E-state index contributed by atoms with van der Waals surface area (Å²) in [7, 11) is 0. The molecule has 100 valence electrons. The van der Waals surface area contributed by atoms with Gasteiger partial charge >= 0.3 is 0 Å². The zero-order chi connectivity index (χ0) is 12.3. The fraction of sp³-hybridized carbons (Fsp3) is 0.417. The average molecular weight is 275 g/mol. The Bertz CT molecular complexity index is 423. The Balaban J connectivity index is 0.00000162. The number of nitrogens with one attached hydrogen (secondary N) is 2. The van der Waals surface area contributed by atoms with Crippen molar-refractivity contribution in [2.24, 2.45) is 0 Å². The quantitative estimate of drug-likeness (QED) is 0.859. The van der Waals surface area contributed by atoms with E-state index in [1.54, 1.807) is 13.0 Å². The van der Waals surface area contributed by atoms with Crippen LogP contribution in [0.1, 0.15) is 5.56 Å². The zero-order valence-corrected chi connectivity index (χ0v) is 10.8. The van der Waals surface area contributed by atoms with Crippen LogP contribution in [0.2, 0.25) is 0 Å². The van der Waals surface area contributed by atoms with Crippen molar-refractivity contribution in [2.75, 3.05) is 25.0 Å². The molecule has 0 spiro atoms. The second kappa shape index (κ2) is 6.68. The number of amides is 1. The number of morpholine rings is 1. The van der Waals surface area contributed by atoms with E-state index in [2.05, 4.69) is 10.6 Å². The standard InChI is InChI=1S/C12H15FN2O2.ClH/c1-8-6-9(2-3-10(8)13)15-12(16)11-7-14-4-5-17-11;/h2-3,6,11,14H,4-5,7H2,1H3,(H,15,16);1H. The molecule has 1 fully saturated rings. The Kier molecular flexibility index (Phi) is 5.53. The summed E-state index contributed by atoms with van der Waals surface area (Å²) < 4.78 is 18.4. The number of carbonyl (C=O) groups is 1. The highest BCUT2D eigenvalue weighted by Crippen LogP contribution is 2.14. The molecule has 1 unspecified atom stereocenters. The van der Waals surface area contributed by atoms with Crippen LogP contribution >= 0.6 is 12.4 Å². The van der Waals surface area contributed by atoms with Crippen molar-refractivity contribution in [3.8, 4) is 0 Å². The summed E-state index contributed by atoms with van der Waals surface area (Å²) in [6, 6.07) is 4.48. The number of halogens is 2. The van der Waals surface area contributed by atoms with E-state index in [1.165, 1.54) is 12.1 Å². The first kappa shape index (κ1) is 14.9. The van der Waals surface area contributed by atoms with E-state index in [0.29, 0.717) is 24.4 Å². The first-order valence-electron chi connectivity index (χ1n) is 5.56. The minimum atomic E-state index is -0.478. The van der Waals surface area contributed by atoms with Crippen LogP contribution in [0.4, 0.5) is 10.1 Å². The molecule has 6 heteroatoms. The molecular weight excluding hydrogens is 259 g/mol. The maximum Gasteiger partial charge on any atom is 0.254 e. The molecule has 0 radical (unpaired) electrons. The molecule has 1 aromatic carbocycles. The maximum absolute atomic E-state index is 13.0. The van der Waals surface area contributed by atoms with Crippen molar-refractivity contribution < 1.29 is 13.9 Å². The molecule has 18 heavy (non-hydrogen) atoms. The normalized spacial score (nSPS) is 18.9. The molecule has 0 aromatic heterocycles. The second-order valence-corrected chi connectivity index (χ2v) is 4.02. The van der Waals surface area contributed by atoms with Gasteiger partial charge in [-0.3, -0.25) is 4.79 Å². The average Bonchev–Trinajstić information content (AvgIpc) is 2.35. The SMILES string of the molecule is Cc1cc(NC(=O)C2CNCCO2)ccc1F.Cl. The van der Waals surface area contributed by atoms with Crippen molar-refractivity contribution in [1.82, 2.24) is 5.32 Å². The predicted octanol–water partition coefficient (Wildman–Crippen LogP) is 1.48. The smallest absolute Gasteiger partial charge is 0.254 e. The van der Waals surface area contributed by atoms with Crippen LogP contribution in [0, 0.1) is 12.7 Å². The van der Waals surface area contributed by atoms with Crippen molar-refractivity contribution in [3.63, 3.8) is 0 Å². The summed E-state index contributed by atoms with van der Waals surface area (Å²) >= 11 is 0. The molecule has 1 heterocycles. The van der Waals surface area contributed by atoms with Crippen LogP contribution in [-0.4, -0.2) is 31.7 Å². The molecule has 0 saturated carbocycles. The molecule has 1 aromatic rings. The van der Waals surface area contributed by atoms with E-state index in [9.17, 15) is 9.18 Å². The number of anilines is 1.